The number of ether oxygens (including phenoxy) is 1. The van der Waals surface area contributed by atoms with Crippen LogP contribution in [0.4, 0.5) is 0 Å². The Balaban J connectivity index is 0.00000128. The molecular weight excluding hydrogens is 228 g/mol. The fraction of sp³-hybridized carbons (Fsp3) is 0.909. The molecule has 1 heterocycles. The van der Waals surface area contributed by atoms with Crippen LogP contribution in [-0.4, -0.2) is 50.2 Å². The zero-order valence-electron chi connectivity index (χ0n) is 9.78. The molecule has 1 aliphatic carbocycles. The second-order valence-electron chi connectivity index (χ2n) is 4.59. The first-order valence-electron chi connectivity index (χ1n) is 5.81. The van der Waals surface area contributed by atoms with Gasteiger partial charge in [0, 0.05) is 26.7 Å². The molecule has 1 saturated heterocycles. The van der Waals surface area contributed by atoms with E-state index in [4.69, 9.17) is 4.74 Å². The molecule has 0 spiro atoms. The Labute approximate surface area is 103 Å². The average Bonchev–Trinajstić information content (AvgIpc) is 2.92. The predicted octanol–water partition coefficient (Wildman–Crippen LogP) is 0.655. The highest BCUT2D eigenvalue weighted by atomic mass is 35.5. The highest BCUT2D eigenvalue weighted by Gasteiger charge is 2.25. The Kier molecular flexibility index (Phi) is 5.52. The number of nitrogens with one attached hydrogen (secondary N) is 1. The topological polar surface area (TPSA) is 41.6 Å². The molecule has 5 heteroatoms. The van der Waals surface area contributed by atoms with Crippen LogP contribution in [-0.2, 0) is 9.53 Å². The van der Waals surface area contributed by atoms with Crippen LogP contribution >= 0.6 is 12.4 Å². The smallest absolute Gasteiger partial charge is 0.224 e. The van der Waals surface area contributed by atoms with E-state index in [-0.39, 0.29) is 18.3 Å². The molecule has 2 rings (SSSR count). The first-order chi connectivity index (χ1) is 7.27. The summed E-state index contributed by atoms with van der Waals surface area (Å²) in [6.07, 6.45) is 3.14. The van der Waals surface area contributed by atoms with Crippen molar-refractivity contribution in [3.05, 3.63) is 0 Å². The van der Waals surface area contributed by atoms with Crippen LogP contribution in [0.1, 0.15) is 19.3 Å². The molecule has 0 aromatic heterocycles. The molecule has 0 aromatic carbocycles. The summed E-state index contributed by atoms with van der Waals surface area (Å²) in [5.41, 5.74) is 0. The number of likely N-dealkylation sites (N-methyl/N-ethyl adjacent to an activating group) is 1. The summed E-state index contributed by atoms with van der Waals surface area (Å²) in [4.78, 5) is 13.5. The summed E-state index contributed by atoms with van der Waals surface area (Å²) in [7, 11) is 1.88. The Morgan fingerprint density at radius 1 is 1.44 bits per heavy atom. The third-order valence-electron chi connectivity index (χ3n) is 3.21. The normalized spacial score (nSPS) is 19.8. The number of rotatable bonds is 6. The molecule has 1 aliphatic heterocycles. The van der Waals surface area contributed by atoms with Crippen molar-refractivity contribution >= 4 is 18.3 Å². The van der Waals surface area contributed by atoms with Gasteiger partial charge in [0.2, 0.25) is 5.91 Å². The molecule has 2 aliphatic rings. The van der Waals surface area contributed by atoms with Gasteiger partial charge in [-0.2, -0.15) is 0 Å². The minimum absolute atomic E-state index is 0. The van der Waals surface area contributed by atoms with Gasteiger partial charge in [0.25, 0.3) is 0 Å². The Hall–Kier alpha value is -0.320. The van der Waals surface area contributed by atoms with E-state index in [0.29, 0.717) is 19.1 Å². The van der Waals surface area contributed by atoms with Crippen LogP contribution in [0.5, 0.6) is 0 Å². The van der Waals surface area contributed by atoms with Crippen LogP contribution in [0, 0.1) is 5.92 Å². The maximum absolute atomic E-state index is 11.7. The average molecular weight is 249 g/mol. The van der Waals surface area contributed by atoms with Crippen LogP contribution < -0.4 is 5.32 Å². The molecule has 1 saturated carbocycles. The highest BCUT2D eigenvalue weighted by Crippen LogP contribution is 2.28. The molecule has 2 fully saturated rings. The van der Waals surface area contributed by atoms with E-state index in [9.17, 15) is 4.79 Å². The Morgan fingerprint density at radius 3 is 2.62 bits per heavy atom. The third kappa shape index (κ3) is 3.92. The maximum atomic E-state index is 11.7. The summed E-state index contributed by atoms with van der Waals surface area (Å²) in [6.45, 7) is 3.30. The molecular formula is C11H21ClN2O2. The van der Waals surface area contributed by atoms with Gasteiger partial charge >= 0.3 is 0 Å². The molecule has 0 radical (unpaired) electrons. The largest absolute Gasteiger partial charge is 0.381 e. The molecule has 0 unspecified atom stereocenters. The summed E-state index contributed by atoms with van der Waals surface area (Å²) < 4.78 is 5.45. The first-order valence-corrected chi connectivity index (χ1v) is 5.81. The summed E-state index contributed by atoms with van der Waals surface area (Å²) in [5.74, 6) is 0.992. The van der Waals surface area contributed by atoms with E-state index < -0.39 is 0 Å². The monoisotopic (exact) mass is 248 g/mol. The first kappa shape index (κ1) is 13.7. The van der Waals surface area contributed by atoms with Crippen LogP contribution in [0.2, 0.25) is 0 Å². The lowest BCUT2D eigenvalue weighted by Gasteiger charge is -2.35. The lowest BCUT2D eigenvalue weighted by Crippen LogP contribution is -2.57. The van der Waals surface area contributed by atoms with Gasteiger partial charge in [-0.1, -0.05) is 0 Å². The molecule has 1 amide bonds. The Morgan fingerprint density at radius 2 is 2.12 bits per heavy atom. The van der Waals surface area contributed by atoms with Gasteiger partial charge in [0.15, 0.2) is 0 Å². The van der Waals surface area contributed by atoms with Crippen LogP contribution in [0.25, 0.3) is 0 Å². The molecule has 0 aromatic rings. The zero-order valence-corrected chi connectivity index (χ0v) is 10.6. The van der Waals surface area contributed by atoms with Gasteiger partial charge in [-0.15, -0.1) is 12.4 Å². The Bertz CT molecular complexity index is 230. The fourth-order valence-corrected chi connectivity index (χ4v) is 1.62. The second kappa shape index (κ2) is 6.42. The molecule has 0 atom stereocenters. The minimum Gasteiger partial charge on any atom is -0.381 e. The van der Waals surface area contributed by atoms with Crippen LogP contribution in [0.15, 0.2) is 0 Å². The SMILES string of the molecule is CN(C(=O)CCOCC1CC1)C1CNC1.Cl. The molecule has 1 N–H and O–H groups in total. The number of halogens is 1. The molecule has 0 bridgehead atoms. The standard InChI is InChI=1S/C11H20N2O2.ClH/c1-13(10-6-12-7-10)11(14)4-5-15-8-9-2-3-9;/h9-10,12H,2-8H2,1H3;1H. The number of carbonyl (C=O) groups excluding carboxylic acids is 1. The molecule has 16 heavy (non-hydrogen) atoms. The van der Waals surface area contributed by atoms with E-state index in [1.807, 2.05) is 11.9 Å². The van der Waals surface area contributed by atoms with Crippen molar-refractivity contribution in [1.82, 2.24) is 10.2 Å². The van der Waals surface area contributed by atoms with E-state index >= 15 is 0 Å². The lowest BCUT2D eigenvalue weighted by molar-refractivity contribution is -0.134. The van der Waals surface area contributed by atoms with Gasteiger partial charge in [-0.3, -0.25) is 4.79 Å². The quantitative estimate of drug-likeness (QED) is 0.702. The van der Waals surface area contributed by atoms with Crippen molar-refractivity contribution in [2.45, 2.75) is 25.3 Å². The number of carbonyl (C=O) groups is 1. The fourth-order valence-electron chi connectivity index (χ4n) is 1.62. The van der Waals surface area contributed by atoms with Gasteiger partial charge in [0.05, 0.1) is 19.1 Å². The van der Waals surface area contributed by atoms with Gasteiger partial charge in [-0.05, 0) is 18.8 Å². The van der Waals surface area contributed by atoms with Crippen molar-refractivity contribution in [2.75, 3.05) is 33.4 Å². The van der Waals surface area contributed by atoms with Gasteiger partial charge < -0.3 is 15.0 Å². The third-order valence-corrected chi connectivity index (χ3v) is 3.21. The number of hydrogen-bond acceptors (Lipinski definition) is 3. The highest BCUT2D eigenvalue weighted by molar-refractivity contribution is 5.85. The lowest BCUT2D eigenvalue weighted by atomic mass is 10.1. The summed E-state index contributed by atoms with van der Waals surface area (Å²) in [6, 6.07) is 0.404. The van der Waals surface area contributed by atoms with Crippen molar-refractivity contribution in [1.29, 1.82) is 0 Å². The second-order valence-corrected chi connectivity index (χ2v) is 4.59. The van der Waals surface area contributed by atoms with Crippen molar-refractivity contribution in [3.63, 3.8) is 0 Å². The van der Waals surface area contributed by atoms with Crippen molar-refractivity contribution in [2.24, 2.45) is 5.92 Å². The maximum Gasteiger partial charge on any atom is 0.224 e. The van der Waals surface area contributed by atoms with E-state index in [2.05, 4.69) is 5.32 Å². The number of hydrogen-bond donors (Lipinski definition) is 1. The van der Waals surface area contributed by atoms with Gasteiger partial charge in [0.1, 0.15) is 0 Å². The van der Waals surface area contributed by atoms with Crippen molar-refractivity contribution < 1.29 is 9.53 Å². The molecule has 94 valence electrons. The predicted molar refractivity (Wildman–Crippen MR) is 64.8 cm³/mol. The van der Waals surface area contributed by atoms with E-state index in [0.717, 1.165) is 25.6 Å². The molecule has 4 nitrogen and oxygen atoms in total. The summed E-state index contributed by atoms with van der Waals surface area (Å²) in [5, 5.41) is 3.16. The zero-order chi connectivity index (χ0) is 10.7. The van der Waals surface area contributed by atoms with E-state index in [1.54, 1.807) is 0 Å². The summed E-state index contributed by atoms with van der Waals surface area (Å²) >= 11 is 0. The van der Waals surface area contributed by atoms with E-state index in [1.165, 1.54) is 12.8 Å². The number of nitrogens with zero attached hydrogens (tertiary/aromatic N) is 1. The number of amides is 1. The van der Waals surface area contributed by atoms with Crippen molar-refractivity contribution in [3.8, 4) is 0 Å². The van der Waals surface area contributed by atoms with Crippen LogP contribution in [0.3, 0.4) is 0 Å². The minimum atomic E-state index is 0. The van der Waals surface area contributed by atoms with Gasteiger partial charge in [-0.25, -0.2) is 0 Å².